The summed E-state index contributed by atoms with van der Waals surface area (Å²) in [5, 5.41) is 13.2. The molecule has 0 aliphatic heterocycles. The summed E-state index contributed by atoms with van der Waals surface area (Å²) in [7, 11) is -3.30. The summed E-state index contributed by atoms with van der Waals surface area (Å²) in [5.74, 6) is -0.272. The van der Waals surface area contributed by atoms with Crippen molar-refractivity contribution in [3.05, 3.63) is 33.9 Å². The molecule has 0 radical (unpaired) electrons. The Labute approximate surface area is 119 Å². The molecule has 10 heteroatoms. The maximum absolute atomic E-state index is 12.8. The van der Waals surface area contributed by atoms with E-state index in [9.17, 15) is 31.7 Å². The van der Waals surface area contributed by atoms with E-state index in [1.807, 2.05) is 0 Å². The summed E-state index contributed by atoms with van der Waals surface area (Å²) in [4.78, 5) is 9.48. The van der Waals surface area contributed by atoms with Crippen LogP contribution >= 0.6 is 0 Å². The third-order valence-corrected chi connectivity index (χ3v) is 3.57. The Balaban J connectivity index is 3.09. The van der Waals surface area contributed by atoms with Gasteiger partial charge in [-0.15, -0.1) is 0 Å². The van der Waals surface area contributed by atoms with Crippen LogP contribution in [0.25, 0.3) is 0 Å². The zero-order valence-electron chi connectivity index (χ0n) is 11.1. The second kappa shape index (κ2) is 5.88. The molecule has 0 heterocycles. The van der Waals surface area contributed by atoms with Gasteiger partial charge in [0.15, 0.2) is 0 Å². The molecule has 6 nitrogen and oxygen atoms in total. The van der Waals surface area contributed by atoms with Gasteiger partial charge in [-0.05, 0) is 19.1 Å². The number of anilines is 1. The van der Waals surface area contributed by atoms with Crippen LogP contribution in [0, 0.1) is 10.1 Å². The number of benzene rings is 1. The van der Waals surface area contributed by atoms with Crippen LogP contribution in [-0.4, -0.2) is 31.4 Å². The van der Waals surface area contributed by atoms with Crippen LogP contribution in [-0.2, 0) is 16.0 Å². The van der Waals surface area contributed by atoms with Crippen molar-refractivity contribution in [2.75, 3.05) is 17.3 Å². The van der Waals surface area contributed by atoms with Crippen molar-refractivity contribution in [3.63, 3.8) is 0 Å². The number of rotatable bonds is 5. The highest BCUT2D eigenvalue weighted by molar-refractivity contribution is 7.90. The topological polar surface area (TPSA) is 89.3 Å². The van der Waals surface area contributed by atoms with Crippen LogP contribution in [0.15, 0.2) is 18.2 Å². The Morgan fingerprint density at radius 2 is 1.95 bits per heavy atom. The maximum Gasteiger partial charge on any atom is 0.423 e. The minimum Gasteiger partial charge on any atom is -0.382 e. The van der Waals surface area contributed by atoms with Gasteiger partial charge in [-0.25, -0.2) is 8.42 Å². The Kier molecular flexibility index (Phi) is 4.82. The van der Waals surface area contributed by atoms with Gasteiger partial charge in [-0.2, -0.15) is 13.2 Å². The van der Waals surface area contributed by atoms with Crippen LogP contribution in [0.3, 0.4) is 0 Å². The molecule has 0 aromatic heterocycles. The number of nitrogens with one attached hydrogen (secondary N) is 1. The van der Waals surface area contributed by atoms with Gasteiger partial charge in [-0.3, -0.25) is 10.1 Å². The summed E-state index contributed by atoms with van der Waals surface area (Å²) in [6.07, 6.45) is -3.87. The number of halogens is 3. The van der Waals surface area contributed by atoms with E-state index >= 15 is 0 Å². The highest BCUT2D eigenvalue weighted by atomic mass is 32.2. The first-order chi connectivity index (χ1) is 9.40. The van der Waals surface area contributed by atoms with Gasteiger partial charge in [0.05, 0.1) is 10.7 Å². The van der Waals surface area contributed by atoms with Crippen molar-refractivity contribution in [1.82, 2.24) is 0 Å². The lowest BCUT2D eigenvalue weighted by Gasteiger charge is -2.16. The predicted molar refractivity (Wildman–Crippen MR) is 70.9 cm³/mol. The normalized spacial score (nSPS) is 13.8. The minimum absolute atomic E-state index is 0.0379. The molecule has 0 aliphatic carbocycles. The Morgan fingerprint density at radius 3 is 2.38 bits per heavy atom. The minimum atomic E-state index is -4.87. The van der Waals surface area contributed by atoms with E-state index in [0.29, 0.717) is 6.07 Å². The molecule has 0 amide bonds. The Morgan fingerprint density at radius 1 is 1.38 bits per heavy atom. The van der Waals surface area contributed by atoms with Crippen molar-refractivity contribution in [2.45, 2.75) is 19.1 Å². The molecule has 118 valence electrons. The lowest BCUT2D eigenvalue weighted by atomic mass is 10.1. The molecular formula is C11H13F3N2O4S. The molecule has 1 aromatic rings. The maximum atomic E-state index is 12.8. The zero-order valence-corrected chi connectivity index (χ0v) is 12.0. The molecule has 0 aliphatic rings. The van der Waals surface area contributed by atoms with Crippen LogP contribution in [0.5, 0.6) is 0 Å². The predicted octanol–water partition coefficient (Wildman–Crippen LogP) is 2.46. The van der Waals surface area contributed by atoms with Crippen molar-refractivity contribution >= 4 is 21.2 Å². The Bertz CT molecular complexity index is 643. The van der Waals surface area contributed by atoms with Gasteiger partial charge >= 0.3 is 6.18 Å². The molecular weight excluding hydrogens is 313 g/mol. The second-order valence-electron chi connectivity index (χ2n) is 4.62. The van der Waals surface area contributed by atoms with Crippen molar-refractivity contribution in [1.29, 1.82) is 0 Å². The fourth-order valence-corrected chi connectivity index (χ4v) is 2.78. The van der Waals surface area contributed by atoms with Crippen LogP contribution in [0.4, 0.5) is 24.5 Å². The number of alkyl halides is 3. The number of sulfone groups is 1. The van der Waals surface area contributed by atoms with Gasteiger partial charge in [0.1, 0.15) is 15.4 Å². The quantitative estimate of drug-likeness (QED) is 0.663. The fraction of sp³-hybridized carbons (Fsp3) is 0.455. The van der Waals surface area contributed by atoms with E-state index in [0.717, 1.165) is 18.4 Å². The van der Waals surface area contributed by atoms with E-state index < -0.39 is 38.2 Å². The van der Waals surface area contributed by atoms with Gasteiger partial charge in [0, 0.05) is 24.1 Å². The highest BCUT2D eigenvalue weighted by Crippen LogP contribution is 2.37. The van der Waals surface area contributed by atoms with E-state index in [1.165, 1.54) is 6.92 Å². The molecule has 1 N–H and O–H groups in total. The highest BCUT2D eigenvalue weighted by Gasteiger charge is 2.38. The van der Waals surface area contributed by atoms with E-state index in [-0.39, 0.29) is 11.4 Å². The number of hydrogen-bond acceptors (Lipinski definition) is 5. The number of nitro groups is 1. The standard InChI is InChI=1S/C11H13F3N2O4S/c1-7(6-21(2,19)20)15-8-3-4-10(16(17)18)9(5-8)11(12,13)14/h3-5,7,15H,6H2,1-2H3. The molecule has 1 atom stereocenters. The first kappa shape index (κ1) is 17.2. The lowest BCUT2D eigenvalue weighted by Crippen LogP contribution is -2.25. The SMILES string of the molecule is CC(CS(C)(=O)=O)Nc1ccc([N+](=O)[O-])c(C(F)(F)F)c1. The second-order valence-corrected chi connectivity index (χ2v) is 6.81. The third kappa shape index (κ3) is 5.21. The molecule has 1 rings (SSSR count). The third-order valence-electron chi connectivity index (χ3n) is 2.46. The van der Waals surface area contributed by atoms with Gasteiger partial charge in [0.2, 0.25) is 0 Å². The monoisotopic (exact) mass is 326 g/mol. The average molecular weight is 326 g/mol. The molecule has 0 fully saturated rings. The van der Waals surface area contributed by atoms with Crippen molar-refractivity contribution < 1.29 is 26.5 Å². The smallest absolute Gasteiger partial charge is 0.382 e. The average Bonchev–Trinajstić information content (AvgIpc) is 2.24. The van der Waals surface area contributed by atoms with Gasteiger partial charge < -0.3 is 5.32 Å². The molecule has 0 saturated heterocycles. The summed E-state index contributed by atoms with van der Waals surface area (Å²) in [5.41, 5.74) is -2.48. The first-order valence-corrected chi connectivity index (χ1v) is 7.76. The molecule has 0 bridgehead atoms. The summed E-state index contributed by atoms with van der Waals surface area (Å²) in [6.45, 7) is 1.48. The van der Waals surface area contributed by atoms with Crippen LogP contribution < -0.4 is 5.32 Å². The summed E-state index contributed by atoms with van der Waals surface area (Å²) < 4.78 is 60.5. The number of nitro benzene ring substituents is 1. The van der Waals surface area contributed by atoms with Crippen LogP contribution in [0.2, 0.25) is 0 Å². The summed E-state index contributed by atoms with van der Waals surface area (Å²) >= 11 is 0. The van der Waals surface area contributed by atoms with E-state index in [2.05, 4.69) is 5.32 Å². The molecule has 0 saturated carbocycles. The zero-order chi connectivity index (χ0) is 16.4. The molecule has 21 heavy (non-hydrogen) atoms. The van der Waals surface area contributed by atoms with Crippen molar-refractivity contribution in [2.24, 2.45) is 0 Å². The number of nitrogens with zero attached hydrogens (tertiary/aromatic N) is 1. The molecule has 1 unspecified atom stereocenters. The lowest BCUT2D eigenvalue weighted by molar-refractivity contribution is -0.388. The fourth-order valence-electron chi connectivity index (χ4n) is 1.79. The van der Waals surface area contributed by atoms with Gasteiger partial charge in [-0.1, -0.05) is 0 Å². The Hall–Kier alpha value is -1.84. The van der Waals surface area contributed by atoms with Crippen molar-refractivity contribution in [3.8, 4) is 0 Å². The first-order valence-electron chi connectivity index (χ1n) is 5.70. The molecule has 0 spiro atoms. The van der Waals surface area contributed by atoms with Gasteiger partial charge in [0.25, 0.3) is 5.69 Å². The largest absolute Gasteiger partial charge is 0.423 e. The number of hydrogen-bond donors (Lipinski definition) is 1. The van der Waals surface area contributed by atoms with Crippen LogP contribution in [0.1, 0.15) is 12.5 Å². The van der Waals surface area contributed by atoms with E-state index in [1.54, 1.807) is 0 Å². The van der Waals surface area contributed by atoms with E-state index in [4.69, 9.17) is 0 Å². The summed E-state index contributed by atoms with van der Waals surface area (Å²) in [6, 6.07) is 1.80. The molecule has 1 aromatic carbocycles.